The van der Waals surface area contributed by atoms with E-state index in [-0.39, 0.29) is 6.61 Å². The highest BCUT2D eigenvalue weighted by Crippen LogP contribution is 2.32. The number of methoxy groups -OCH3 is 1. The summed E-state index contributed by atoms with van der Waals surface area (Å²) in [4.78, 5) is 11.4. The van der Waals surface area contributed by atoms with Crippen LogP contribution in [0.3, 0.4) is 0 Å². The SMILES string of the molecule is COC(=O)COc1cccc2c(CCCSCC(c3ccccc3)c3ccccc3)coc12. The van der Waals surface area contributed by atoms with Gasteiger partial charge in [0.05, 0.1) is 13.4 Å². The van der Waals surface area contributed by atoms with Crippen molar-refractivity contribution in [3.05, 3.63) is 102 Å². The number of benzene rings is 3. The Kier molecular flexibility index (Phi) is 8.09. The first kappa shape index (κ1) is 23.0. The largest absolute Gasteiger partial charge is 0.478 e. The Balaban J connectivity index is 1.33. The molecule has 0 unspecified atom stereocenters. The second-order valence-electron chi connectivity index (χ2n) is 7.81. The summed E-state index contributed by atoms with van der Waals surface area (Å²) in [7, 11) is 1.34. The Morgan fingerprint density at radius 1 is 0.939 bits per heavy atom. The lowest BCUT2D eigenvalue weighted by Gasteiger charge is -2.17. The number of carbonyl (C=O) groups excluding carboxylic acids is 1. The van der Waals surface area contributed by atoms with Crippen molar-refractivity contribution in [1.82, 2.24) is 0 Å². The summed E-state index contributed by atoms with van der Waals surface area (Å²) in [5.41, 5.74) is 4.56. The summed E-state index contributed by atoms with van der Waals surface area (Å²) in [6, 6.07) is 27.2. The van der Waals surface area contributed by atoms with Crippen LogP contribution in [0.5, 0.6) is 5.75 Å². The summed E-state index contributed by atoms with van der Waals surface area (Å²) in [5, 5.41) is 1.04. The normalized spacial score (nSPS) is 11.1. The third kappa shape index (κ3) is 5.99. The van der Waals surface area contributed by atoms with Crippen LogP contribution in [0.1, 0.15) is 29.0 Å². The van der Waals surface area contributed by atoms with Gasteiger partial charge in [-0.25, -0.2) is 4.79 Å². The van der Waals surface area contributed by atoms with Crippen molar-refractivity contribution >= 4 is 28.7 Å². The van der Waals surface area contributed by atoms with Gasteiger partial charge >= 0.3 is 5.97 Å². The van der Waals surface area contributed by atoms with Crippen LogP contribution in [0.2, 0.25) is 0 Å². The van der Waals surface area contributed by atoms with Crippen molar-refractivity contribution in [2.45, 2.75) is 18.8 Å². The zero-order valence-electron chi connectivity index (χ0n) is 18.7. The van der Waals surface area contributed by atoms with Gasteiger partial charge in [0, 0.05) is 17.1 Å². The quantitative estimate of drug-likeness (QED) is 0.189. The van der Waals surface area contributed by atoms with Crippen LogP contribution in [0, 0.1) is 0 Å². The topological polar surface area (TPSA) is 48.7 Å². The van der Waals surface area contributed by atoms with E-state index in [2.05, 4.69) is 65.4 Å². The van der Waals surface area contributed by atoms with E-state index in [1.807, 2.05) is 30.0 Å². The van der Waals surface area contributed by atoms with E-state index in [0.29, 0.717) is 17.3 Å². The van der Waals surface area contributed by atoms with Crippen LogP contribution in [0.25, 0.3) is 11.0 Å². The Bertz CT molecular complexity index is 1110. The number of fused-ring (bicyclic) bond motifs is 1. The van der Waals surface area contributed by atoms with E-state index >= 15 is 0 Å². The molecule has 3 aromatic carbocycles. The fourth-order valence-corrected chi connectivity index (χ4v) is 5.04. The molecule has 33 heavy (non-hydrogen) atoms. The van der Waals surface area contributed by atoms with Gasteiger partial charge in [0.1, 0.15) is 0 Å². The molecule has 1 heterocycles. The van der Waals surface area contributed by atoms with E-state index in [0.717, 1.165) is 35.3 Å². The molecule has 4 aromatic rings. The van der Waals surface area contributed by atoms with E-state index in [1.165, 1.54) is 18.2 Å². The smallest absolute Gasteiger partial charge is 0.343 e. The number of esters is 1. The second kappa shape index (κ2) is 11.6. The van der Waals surface area contributed by atoms with Gasteiger partial charge in [-0.1, -0.05) is 72.8 Å². The summed E-state index contributed by atoms with van der Waals surface area (Å²) in [6.07, 6.45) is 3.79. The minimum atomic E-state index is -0.417. The van der Waals surface area contributed by atoms with Gasteiger partial charge in [0.25, 0.3) is 0 Å². The molecule has 0 saturated carbocycles. The molecule has 0 aliphatic heterocycles. The minimum absolute atomic E-state index is 0.133. The third-order valence-corrected chi connectivity index (χ3v) is 6.79. The van der Waals surface area contributed by atoms with E-state index in [1.54, 1.807) is 6.26 Å². The molecular formula is C28H28O4S. The fraction of sp³-hybridized carbons (Fsp3) is 0.250. The summed E-state index contributed by atoms with van der Waals surface area (Å²) < 4.78 is 16.0. The molecule has 0 amide bonds. The minimum Gasteiger partial charge on any atom is -0.478 e. The molecule has 1 aromatic heterocycles. The molecule has 4 rings (SSSR count). The van der Waals surface area contributed by atoms with Crippen molar-refractivity contribution < 1.29 is 18.7 Å². The maximum atomic E-state index is 11.4. The van der Waals surface area contributed by atoms with Gasteiger partial charge in [-0.2, -0.15) is 11.8 Å². The van der Waals surface area contributed by atoms with Crippen LogP contribution < -0.4 is 4.74 Å². The molecule has 0 aliphatic rings. The van der Waals surface area contributed by atoms with E-state index in [9.17, 15) is 4.79 Å². The zero-order chi connectivity index (χ0) is 22.9. The number of para-hydroxylation sites is 1. The van der Waals surface area contributed by atoms with Crippen molar-refractivity contribution in [1.29, 1.82) is 0 Å². The standard InChI is InChI=1S/C28H28O4S/c1-30-27(29)19-31-26-16-8-15-24-23(18-32-28(24)26)14-9-17-33-20-25(21-10-4-2-5-11-21)22-12-6-3-7-13-22/h2-8,10-13,15-16,18,25H,9,14,17,19-20H2,1H3. The Morgan fingerprint density at radius 3 is 2.30 bits per heavy atom. The van der Waals surface area contributed by atoms with Gasteiger partial charge in [-0.15, -0.1) is 0 Å². The Labute approximate surface area is 198 Å². The monoisotopic (exact) mass is 460 g/mol. The van der Waals surface area contributed by atoms with Gasteiger partial charge in [0.15, 0.2) is 17.9 Å². The molecule has 5 heteroatoms. The van der Waals surface area contributed by atoms with Crippen molar-refractivity contribution in [2.75, 3.05) is 25.2 Å². The number of ether oxygens (including phenoxy) is 2. The molecule has 0 radical (unpaired) electrons. The molecular weight excluding hydrogens is 432 g/mol. The first-order valence-corrected chi connectivity index (χ1v) is 12.3. The maximum Gasteiger partial charge on any atom is 0.343 e. The lowest BCUT2D eigenvalue weighted by Crippen LogP contribution is -2.12. The summed E-state index contributed by atoms with van der Waals surface area (Å²) in [5.74, 6) is 2.65. The van der Waals surface area contributed by atoms with Crippen molar-refractivity contribution in [3.63, 3.8) is 0 Å². The van der Waals surface area contributed by atoms with Gasteiger partial charge in [-0.05, 0) is 41.4 Å². The van der Waals surface area contributed by atoms with Crippen LogP contribution in [0.15, 0.2) is 89.5 Å². The highest BCUT2D eigenvalue weighted by molar-refractivity contribution is 7.99. The second-order valence-corrected chi connectivity index (χ2v) is 8.96. The number of carbonyl (C=O) groups is 1. The average molecular weight is 461 g/mol. The lowest BCUT2D eigenvalue weighted by atomic mass is 9.93. The van der Waals surface area contributed by atoms with Crippen LogP contribution in [-0.4, -0.2) is 31.2 Å². The van der Waals surface area contributed by atoms with Crippen LogP contribution in [-0.2, 0) is 16.0 Å². The first-order valence-electron chi connectivity index (χ1n) is 11.1. The number of thioether (sulfide) groups is 1. The van der Waals surface area contributed by atoms with Gasteiger partial charge < -0.3 is 13.9 Å². The zero-order valence-corrected chi connectivity index (χ0v) is 19.6. The summed E-state index contributed by atoms with van der Waals surface area (Å²) >= 11 is 1.99. The molecule has 0 aliphatic carbocycles. The molecule has 0 fully saturated rings. The molecule has 4 nitrogen and oxygen atoms in total. The summed E-state index contributed by atoms with van der Waals surface area (Å²) in [6.45, 7) is -0.133. The van der Waals surface area contributed by atoms with Crippen molar-refractivity contribution in [2.24, 2.45) is 0 Å². The predicted octanol–water partition coefficient (Wildman–Crippen LogP) is 6.48. The molecule has 0 spiro atoms. The highest BCUT2D eigenvalue weighted by Gasteiger charge is 2.15. The molecule has 0 N–H and O–H groups in total. The molecule has 0 bridgehead atoms. The molecule has 0 saturated heterocycles. The third-order valence-electron chi connectivity index (χ3n) is 5.64. The maximum absolute atomic E-state index is 11.4. The lowest BCUT2D eigenvalue weighted by molar-refractivity contribution is -0.142. The van der Waals surface area contributed by atoms with E-state index < -0.39 is 5.97 Å². The van der Waals surface area contributed by atoms with E-state index in [4.69, 9.17) is 9.15 Å². The van der Waals surface area contributed by atoms with Gasteiger partial charge in [0.2, 0.25) is 0 Å². The fourth-order valence-electron chi connectivity index (χ4n) is 3.91. The first-order chi connectivity index (χ1) is 16.3. The van der Waals surface area contributed by atoms with Gasteiger partial charge in [-0.3, -0.25) is 0 Å². The van der Waals surface area contributed by atoms with Crippen molar-refractivity contribution in [3.8, 4) is 5.75 Å². The number of aryl methyl sites for hydroxylation is 1. The molecule has 170 valence electrons. The Morgan fingerprint density at radius 2 is 1.64 bits per heavy atom. The Hall–Kier alpha value is -3.18. The number of hydrogen-bond donors (Lipinski definition) is 0. The average Bonchev–Trinajstić information content (AvgIpc) is 3.29. The van der Waals surface area contributed by atoms with Crippen LogP contribution >= 0.6 is 11.8 Å². The van der Waals surface area contributed by atoms with Crippen LogP contribution in [0.4, 0.5) is 0 Å². The number of rotatable bonds is 11. The highest BCUT2D eigenvalue weighted by atomic mass is 32.2. The number of furan rings is 1. The molecule has 0 atom stereocenters. The number of hydrogen-bond acceptors (Lipinski definition) is 5. The predicted molar refractivity (Wildman–Crippen MR) is 134 cm³/mol.